The van der Waals surface area contributed by atoms with Gasteiger partial charge in [0.15, 0.2) is 0 Å². The lowest BCUT2D eigenvalue weighted by molar-refractivity contribution is 0.0763. The van der Waals surface area contributed by atoms with E-state index in [1.165, 1.54) is 0 Å². The number of aliphatic hydroxyl groups is 1. The van der Waals surface area contributed by atoms with Crippen molar-refractivity contribution in [2.45, 2.75) is 18.6 Å². The van der Waals surface area contributed by atoms with Gasteiger partial charge in [0.2, 0.25) is 0 Å². The summed E-state index contributed by atoms with van der Waals surface area (Å²) >= 11 is 1.91. The third-order valence-electron chi connectivity index (χ3n) is 3.18. The molecular weight excluding hydrogens is 234 g/mol. The van der Waals surface area contributed by atoms with Gasteiger partial charge < -0.3 is 10.8 Å². The summed E-state index contributed by atoms with van der Waals surface area (Å²) in [6.07, 6.45) is 1.99. The second-order valence-electron chi connectivity index (χ2n) is 4.48. The molecule has 0 bridgehead atoms. The topological polar surface area (TPSA) is 62.4 Å². The maximum absolute atomic E-state index is 10.3. The minimum absolute atomic E-state index is 0.239. The van der Waals surface area contributed by atoms with Gasteiger partial charge in [-0.2, -0.15) is 11.8 Å². The Balaban J connectivity index is 1.98. The summed E-state index contributed by atoms with van der Waals surface area (Å²) in [6.45, 7) is 1.05. The van der Waals surface area contributed by atoms with Crippen LogP contribution in [0.4, 0.5) is 5.82 Å². The van der Waals surface area contributed by atoms with Crippen LogP contribution in [0.2, 0.25) is 0 Å². The maximum atomic E-state index is 10.3. The van der Waals surface area contributed by atoms with Crippen LogP contribution in [0.25, 0.3) is 0 Å². The smallest absolute Gasteiger partial charge is 0.123 e. The number of likely N-dealkylation sites (N-methyl/N-ethyl adjacent to an activating group) is 1. The van der Waals surface area contributed by atoms with E-state index in [1.807, 2.05) is 23.9 Å². The number of anilines is 1. The Hall–Kier alpha value is -0.780. The second-order valence-corrected chi connectivity index (χ2v) is 5.63. The number of hydrogen-bond donors (Lipinski definition) is 2. The van der Waals surface area contributed by atoms with Gasteiger partial charge in [-0.05, 0) is 24.7 Å². The van der Waals surface area contributed by atoms with E-state index in [2.05, 4.69) is 16.9 Å². The summed E-state index contributed by atoms with van der Waals surface area (Å²) in [5, 5.41) is 10.3. The van der Waals surface area contributed by atoms with Crippen LogP contribution in [0.1, 0.15) is 5.56 Å². The monoisotopic (exact) mass is 253 g/mol. The van der Waals surface area contributed by atoms with Crippen molar-refractivity contribution >= 4 is 17.6 Å². The number of rotatable bonds is 3. The number of hydrogen-bond acceptors (Lipinski definition) is 5. The van der Waals surface area contributed by atoms with Gasteiger partial charge in [0.05, 0.1) is 6.10 Å². The average Bonchev–Trinajstić information content (AvgIpc) is 2.29. The highest BCUT2D eigenvalue weighted by molar-refractivity contribution is 7.99. The van der Waals surface area contributed by atoms with Crippen molar-refractivity contribution in [3.8, 4) is 0 Å². The van der Waals surface area contributed by atoms with Gasteiger partial charge in [-0.25, -0.2) is 4.98 Å². The Labute approximate surface area is 106 Å². The first-order valence-electron chi connectivity index (χ1n) is 5.83. The quantitative estimate of drug-likeness (QED) is 0.826. The number of nitrogens with zero attached hydrogens (tertiary/aromatic N) is 2. The third-order valence-corrected chi connectivity index (χ3v) is 4.23. The van der Waals surface area contributed by atoms with Crippen molar-refractivity contribution in [2.75, 3.05) is 30.8 Å². The van der Waals surface area contributed by atoms with Crippen LogP contribution in [-0.2, 0) is 6.42 Å². The molecule has 1 saturated heterocycles. The molecular formula is C12H19N3OS. The summed E-state index contributed by atoms with van der Waals surface area (Å²) < 4.78 is 0. The number of pyridine rings is 1. The largest absolute Gasteiger partial charge is 0.391 e. The number of thioether (sulfide) groups is 1. The minimum Gasteiger partial charge on any atom is -0.391 e. The van der Waals surface area contributed by atoms with Crippen LogP contribution in [0.15, 0.2) is 18.3 Å². The molecule has 4 nitrogen and oxygen atoms in total. The first kappa shape index (κ1) is 12.7. The van der Waals surface area contributed by atoms with Crippen molar-refractivity contribution in [1.29, 1.82) is 0 Å². The molecule has 0 amide bonds. The minimum atomic E-state index is -0.338. The number of nitrogens with two attached hydrogens (primary N) is 1. The molecule has 1 aliphatic rings. The molecule has 2 heterocycles. The van der Waals surface area contributed by atoms with E-state index in [4.69, 9.17) is 5.73 Å². The zero-order chi connectivity index (χ0) is 12.3. The summed E-state index contributed by atoms with van der Waals surface area (Å²) in [6, 6.07) is 3.98. The van der Waals surface area contributed by atoms with E-state index in [0.29, 0.717) is 12.2 Å². The van der Waals surface area contributed by atoms with E-state index in [1.54, 1.807) is 6.20 Å². The number of nitrogen functional groups attached to an aromatic ring is 1. The fourth-order valence-electron chi connectivity index (χ4n) is 2.11. The molecule has 0 radical (unpaired) electrons. The fraction of sp³-hybridized carbons (Fsp3) is 0.583. The van der Waals surface area contributed by atoms with E-state index in [0.717, 1.165) is 23.6 Å². The highest BCUT2D eigenvalue weighted by atomic mass is 32.2. The highest BCUT2D eigenvalue weighted by Gasteiger charge is 2.26. The molecule has 5 heteroatoms. The Bertz CT molecular complexity index is 375. The molecule has 0 saturated carbocycles. The Morgan fingerprint density at radius 3 is 3.24 bits per heavy atom. The van der Waals surface area contributed by atoms with E-state index in [9.17, 15) is 5.11 Å². The van der Waals surface area contributed by atoms with Crippen LogP contribution in [0.3, 0.4) is 0 Å². The average molecular weight is 253 g/mol. The summed E-state index contributed by atoms with van der Waals surface area (Å²) in [5.74, 6) is 2.67. The van der Waals surface area contributed by atoms with Crippen molar-refractivity contribution in [1.82, 2.24) is 9.88 Å². The molecule has 94 valence electrons. The first-order chi connectivity index (χ1) is 8.16. The molecule has 1 aromatic heterocycles. The Morgan fingerprint density at radius 1 is 1.71 bits per heavy atom. The Morgan fingerprint density at radius 2 is 2.53 bits per heavy atom. The van der Waals surface area contributed by atoms with E-state index >= 15 is 0 Å². The van der Waals surface area contributed by atoms with Gasteiger partial charge >= 0.3 is 0 Å². The molecule has 2 rings (SSSR count). The lowest BCUT2D eigenvalue weighted by atomic mass is 10.0. The Kier molecular flexibility index (Phi) is 4.25. The molecule has 0 aliphatic carbocycles. The molecule has 1 aliphatic heterocycles. The molecule has 2 atom stereocenters. The zero-order valence-corrected chi connectivity index (χ0v) is 10.9. The van der Waals surface area contributed by atoms with Crippen molar-refractivity contribution in [3.63, 3.8) is 0 Å². The van der Waals surface area contributed by atoms with Gasteiger partial charge in [0.25, 0.3) is 0 Å². The van der Waals surface area contributed by atoms with Crippen LogP contribution in [0.5, 0.6) is 0 Å². The summed E-state index contributed by atoms with van der Waals surface area (Å²) in [7, 11) is 2.08. The highest BCUT2D eigenvalue weighted by Crippen LogP contribution is 2.19. The lowest BCUT2D eigenvalue weighted by Crippen LogP contribution is -2.47. The number of aliphatic hydroxyl groups excluding tert-OH is 1. The molecule has 2 unspecified atom stereocenters. The van der Waals surface area contributed by atoms with Gasteiger partial charge in [-0.1, -0.05) is 0 Å². The van der Waals surface area contributed by atoms with Gasteiger partial charge in [0, 0.05) is 36.7 Å². The van der Waals surface area contributed by atoms with Crippen molar-refractivity contribution in [2.24, 2.45) is 0 Å². The van der Waals surface area contributed by atoms with Crippen LogP contribution in [0, 0.1) is 0 Å². The van der Waals surface area contributed by atoms with E-state index in [-0.39, 0.29) is 12.1 Å². The molecule has 1 aromatic rings. The van der Waals surface area contributed by atoms with E-state index < -0.39 is 0 Å². The van der Waals surface area contributed by atoms with Gasteiger partial charge in [-0.3, -0.25) is 4.90 Å². The van der Waals surface area contributed by atoms with Crippen LogP contribution >= 0.6 is 11.8 Å². The standard InChI is InChI=1S/C12H19N3OS/c1-15-4-5-17-8-10(15)11(16)6-9-2-3-14-12(13)7-9/h2-3,7,10-11,16H,4-6,8H2,1H3,(H2,13,14). The van der Waals surface area contributed by atoms with Gasteiger partial charge in [-0.15, -0.1) is 0 Å². The summed E-state index contributed by atoms with van der Waals surface area (Å²) in [5.41, 5.74) is 6.68. The number of aromatic nitrogens is 1. The fourth-order valence-corrected chi connectivity index (χ4v) is 3.41. The third kappa shape index (κ3) is 3.34. The molecule has 3 N–H and O–H groups in total. The zero-order valence-electron chi connectivity index (χ0n) is 10.0. The van der Waals surface area contributed by atoms with Gasteiger partial charge in [0.1, 0.15) is 5.82 Å². The van der Waals surface area contributed by atoms with Crippen molar-refractivity contribution < 1.29 is 5.11 Å². The molecule has 0 spiro atoms. The maximum Gasteiger partial charge on any atom is 0.123 e. The SMILES string of the molecule is CN1CCSCC1C(O)Cc1ccnc(N)c1. The molecule has 0 aromatic carbocycles. The second kappa shape index (κ2) is 5.71. The normalized spacial score (nSPS) is 23.5. The van der Waals surface area contributed by atoms with Crippen LogP contribution in [-0.4, -0.2) is 52.2 Å². The predicted molar refractivity (Wildman–Crippen MR) is 72.1 cm³/mol. The molecule has 17 heavy (non-hydrogen) atoms. The summed E-state index contributed by atoms with van der Waals surface area (Å²) in [4.78, 5) is 6.20. The molecule has 1 fully saturated rings. The predicted octanol–water partition coefficient (Wildman–Crippen LogP) is 0.614. The first-order valence-corrected chi connectivity index (χ1v) is 6.99. The van der Waals surface area contributed by atoms with Crippen molar-refractivity contribution in [3.05, 3.63) is 23.9 Å². The lowest BCUT2D eigenvalue weighted by Gasteiger charge is -2.35. The van der Waals surface area contributed by atoms with Crippen LogP contribution < -0.4 is 5.73 Å².